The van der Waals surface area contributed by atoms with E-state index in [9.17, 15) is 9.59 Å². The van der Waals surface area contributed by atoms with Crippen LogP contribution in [0.2, 0.25) is 0 Å². The van der Waals surface area contributed by atoms with Gasteiger partial charge in [0.1, 0.15) is 11.2 Å². The fraction of sp³-hybridized carbons (Fsp3) is 0.333. The second-order valence-electron chi connectivity index (χ2n) is 3.77. The highest BCUT2D eigenvalue weighted by Gasteiger charge is 2.39. The molecule has 2 rings (SSSR count). The molecule has 0 aromatic carbocycles. The summed E-state index contributed by atoms with van der Waals surface area (Å²) in [6.07, 6.45) is 4.93. The third kappa shape index (κ3) is 2.03. The molecule has 0 unspecified atom stereocenters. The maximum atomic E-state index is 12.0. The van der Waals surface area contributed by atoms with Gasteiger partial charge in [0, 0.05) is 0 Å². The minimum Gasteiger partial charge on any atom is -0.496 e. The van der Waals surface area contributed by atoms with E-state index in [0.29, 0.717) is 17.1 Å². The first kappa shape index (κ1) is 12.8. The average molecular weight is 268 g/mol. The van der Waals surface area contributed by atoms with E-state index >= 15 is 0 Å². The molecule has 0 bridgehead atoms. The molecule has 96 valence electrons. The van der Waals surface area contributed by atoms with Gasteiger partial charge in [-0.2, -0.15) is 0 Å². The largest absolute Gasteiger partial charge is 0.496 e. The zero-order valence-corrected chi connectivity index (χ0v) is 10.7. The molecular formula is C12H12O5S. The number of methoxy groups -OCH3 is 2. The Morgan fingerprint density at radius 3 is 2.61 bits per heavy atom. The average Bonchev–Trinajstić information content (AvgIpc) is 2.36. The van der Waals surface area contributed by atoms with Crippen LogP contribution < -0.4 is 0 Å². The zero-order chi connectivity index (χ0) is 13.3. The molecule has 1 aliphatic carbocycles. The van der Waals surface area contributed by atoms with Crippen molar-refractivity contribution in [3.8, 4) is 0 Å². The van der Waals surface area contributed by atoms with E-state index in [1.165, 1.54) is 14.2 Å². The number of carbonyl (C=O) groups is 2. The van der Waals surface area contributed by atoms with Gasteiger partial charge in [-0.15, -0.1) is 0 Å². The van der Waals surface area contributed by atoms with Crippen molar-refractivity contribution in [2.45, 2.75) is 5.25 Å². The summed E-state index contributed by atoms with van der Waals surface area (Å²) in [7, 11) is 2.96. The van der Waals surface area contributed by atoms with Gasteiger partial charge in [-0.05, 0) is 11.6 Å². The Labute approximate surface area is 108 Å². The number of carboxylic acid groups (broad SMARTS) is 1. The van der Waals surface area contributed by atoms with Crippen LogP contribution in [-0.4, -0.2) is 35.7 Å². The van der Waals surface area contributed by atoms with E-state index in [0.717, 1.165) is 11.8 Å². The Morgan fingerprint density at radius 1 is 1.33 bits per heavy atom. The van der Waals surface area contributed by atoms with E-state index in [2.05, 4.69) is 0 Å². The van der Waals surface area contributed by atoms with Crippen LogP contribution in [-0.2, 0) is 19.1 Å². The summed E-state index contributed by atoms with van der Waals surface area (Å²) < 4.78 is 10.3. The lowest BCUT2D eigenvalue weighted by Gasteiger charge is -2.28. The summed E-state index contributed by atoms with van der Waals surface area (Å²) in [4.78, 5) is 23.0. The molecule has 0 amide bonds. The first-order valence-electron chi connectivity index (χ1n) is 5.23. The molecule has 0 fully saturated rings. The summed E-state index contributed by atoms with van der Waals surface area (Å²) in [6.45, 7) is 0. The van der Waals surface area contributed by atoms with Crippen LogP contribution in [0.4, 0.5) is 0 Å². The summed E-state index contributed by atoms with van der Waals surface area (Å²) in [5, 5.41) is 7.88. The molecule has 0 aromatic heterocycles. The second-order valence-corrected chi connectivity index (χ2v) is 4.91. The molecule has 1 heterocycles. The third-order valence-electron chi connectivity index (χ3n) is 2.77. The number of carbonyl (C=O) groups excluding carboxylic acids is 1. The highest BCUT2D eigenvalue weighted by atomic mass is 32.2. The van der Waals surface area contributed by atoms with Crippen LogP contribution in [0.15, 0.2) is 35.3 Å². The molecule has 1 aliphatic heterocycles. The predicted octanol–water partition coefficient (Wildman–Crippen LogP) is 1.33. The van der Waals surface area contributed by atoms with Gasteiger partial charge in [-0.25, -0.2) is 0 Å². The molecule has 0 spiro atoms. The van der Waals surface area contributed by atoms with Crippen molar-refractivity contribution in [2.75, 3.05) is 14.2 Å². The fourth-order valence-electron chi connectivity index (χ4n) is 1.95. The minimum atomic E-state index is -1.02. The number of ether oxygens (including phenoxy) is 2. The van der Waals surface area contributed by atoms with Gasteiger partial charge in [0.25, 0.3) is 0 Å². The predicted molar refractivity (Wildman–Crippen MR) is 65.8 cm³/mol. The number of carboxylic acids is 1. The lowest BCUT2D eigenvalue weighted by Crippen LogP contribution is -2.30. The van der Waals surface area contributed by atoms with Crippen molar-refractivity contribution in [3.05, 3.63) is 35.3 Å². The third-order valence-corrected chi connectivity index (χ3v) is 3.83. The van der Waals surface area contributed by atoms with Gasteiger partial charge >= 0.3 is 5.97 Å². The van der Waals surface area contributed by atoms with Crippen LogP contribution >= 0.6 is 11.8 Å². The summed E-state index contributed by atoms with van der Waals surface area (Å²) in [6, 6.07) is 0. The molecule has 6 heteroatoms. The van der Waals surface area contributed by atoms with Gasteiger partial charge in [-0.1, -0.05) is 23.9 Å². The smallest absolute Gasteiger partial charge is 0.321 e. The van der Waals surface area contributed by atoms with Crippen molar-refractivity contribution in [2.24, 2.45) is 5.92 Å². The Morgan fingerprint density at radius 2 is 2.06 bits per heavy atom. The van der Waals surface area contributed by atoms with Gasteiger partial charge in [0.05, 0.1) is 14.2 Å². The highest BCUT2D eigenvalue weighted by Crippen LogP contribution is 2.39. The van der Waals surface area contributed by atoms with Crippen LogP contribution in [0.3, 0.4) is 0 Å². The van der Waals surface area contributed by atoms with Crippen molar-refractivity contribution >= 4 is 22.8 Å². The maximum absolute atomic E-state index is 12.0. The first-order valence-corrected chi connectivity index (χ1v) is 6.11. The van der Waals surface area contributed by atoms with E-state index in [1.54, 1.807) is 18.2 Å². The number of hydrogen-bond donors (Lipinski definition) is 1. The summed E-state index contributed by atoms with van der Waals surface area (Å²) in [5.74, 6) is -0.682. The number of allylic oxidation sites excluding steroid dienone is 3. The quantitative estimate of drug-likeness (QED) is 0.832. The van der Waals surface area contributed by atoms with Gasteiger partial charge < -0.3 is 14.6 Å². The van der Waals surface area contributed by atoms with Gasteiger partial charge in [-0.3, -0.25) is 9.59 Å². The molecule has 0 radical (unpaired) electrons. The molecule has 18 heavy (non-hydrogen) atoms. The number of thioether (sulfide) groups is 1. The van der Waals surface area contributed by atoms with E-state index in [1.807, 2.05) is 0 Å². The maximum Gasteiger partial charge on any atom is 0.321 e. The Bertz CT molecular complexity index is 489. The van der Waals surface area contributed by atoms with Crippen LogP contribution in [0, 0.1) is 5.92 Å². The fourth-order valence-corrected chi connectivity index (χ4v) is 2.91. The lowest BCUT2D eigenvalue weighted by molar-refractivity contribution is -0.135. The lowest BCUT2D eigenvalue weighted by atomic mass is 9.91. The first-order chi connectivity index (χ1) is 8.58. The molecular weight excluding hydrogens is 256 g/mol. The highest BCUT2D eigenvalue weighted by molar-refractivity contribution is 8.15. The molecule has 2 aliphatic rings. The van der Waals surface area contributed by atoms with E-state index < -0.39 is 17.1 Å². The zero-order valence-electron chi connectivity index (χ0n) is 9.88. The van der Waals surface area contributed by atoms with E-state index in [-0.39, 0.29) is 5.12 Å². The normalized spacial score (nSPS) is 26.6. The molecule has 0 aromatic rings. The van der Waals surface area contributed by atoms with Gasteiger partial charge in [0.15, 0.2) is 11.5 Å². The number of rotatable bonds is 3. The van der Waals surface area contributed by atoms with Crippen LogP contribution in [0.5, 0.6) is 0 Å². The Hall–Kier alpha value is -1.69. The summed E-state index contributed by atoms with van der Waals surface area (Å²) in [5.41, 5.74) is 0.642. The number of hydrogen-bond acceptors (Lipinski definition) is 5. The Balaban J connectivity index is 2.44. The van der Waals surface area contributed by atoms with Crippen LogP contribution in [0.1, 0.15) is 0 Å². The molecule has 0 saturated carbocycles. The summed E-state index contributed by atoms with van der Waals surface area (Å²) >= 11 is 0.793. The van der Waals surface area contributed by atoms with Crippen molar-refractivity contribution in [1.82, 2.24) is 0 Å². The van der Waals surface area contributed by atoms with Gasteiger partial charge in [0.2, 0.25) is 5.12 Å². The Kier molecular flexibility index (Phi) is 3.47. The number of fused-ring (bicyclic) bond motifs is 1. The minimum absolute atomic E-state index is 0.240. The standard InChI is InChI=1S/C12H12O5S/c1-16-7-4-3-6-5-8(11(13)14)18-12(15)9(6)10(7)17-2/h3-5,8-9H,1-2H3,(H,13,14)/t8-,9-/m0/s1. The second kappa shape index (κ2) is 4.89. The van der Waals surface area contributed by atoms with Crippen LogP contribution in [0.25, 0.3) is 0 Å². The molecule has 2 atom stereocenters. The monoisotopic (exact) mass is 268 g/mol. The van der Waals surface area contributed by atoms with Crippen molar-refractivity contribution in [3.63, 3.8) is 0 Å². The molecule has 0 saturated heterocycles. The molecule has 1 N–H and O–H groups in total. The van der Waals surface area contributed by atoms with Crippen molar-refractivity contribution in [1.29, 1.82) is 0 Å². The van der Waals surface area contributed by atoms with Crippen molar-refractivity contribution < 1.29 is 24.2 Å². The van der Waals surface area contributed by atoms with E-state index in [4.69, 9.17) is 14.6 Å². The number of aliphatic carboxylic acids is 1. The topological polar surface area (TPSA) is 72.8 Å². The SMILES string of the molecule is COC1=C(OC)[C@H]2C(=O)S[C@H](C(=O)O)C=C2C=C1. The molecule has 5 nitrogen and oxygen atoms in total.